The molecule has 0 amide bonds. The number of hydrogen-bond acceptors (Lipinski definition) is 4. The van der Waals surface area contributed by atoms with Gasteiger partial charge in [0.25, 0.3) is 0 Å². The van der Waals surface area contributed by atoms with Crippen molar-refractivity contribution in [3.63, 3.8) is 0 Å². The second kappa shape index (κ2) is 6.17. The number of halogens is 2. The number of carboxylic acids is 1. The summed E-state index contributed by atoms with van der Waals surface area (Å²) in [5.41, 5.74) is 0.403. The van der Waals surface area contributed by atoms with Crippen molar-refractivity contribution >= 4 is 11.8 Å². The molecule has 0 atom stereocenters. The number of carboxylic acid groups (broad SMARTS) is 1. The summed E-state index contributed by atoms with van der Waals surface area (Å²) in [4.78, 5) is 16.2. The third-order valence-corrected chi connectivity index (χ3v) is 3.28. The first-order chi connectivity index (χ1) is 9.95. The molecular formula is C14H16F2N2O3. The average molecular weight is 298 g/mol. The van der Waals surface area contributed by atoms with E-state index < -0.39 is 17.6 Å². The molecule has 0 fully saturated rings. The van der Waals surface area contributed by atoms with E-state index in [0.717, 1.165) is 18.1 Å². The zero-order valence-electron chi connectivity index (χ0n) is 11.6. The lowest BCUT2D eigenvalue weighted by atomic mass is 10.1. The predicted octanol–water partition coefficient (Wildman–Crippen LogP) is 2.04. The van der Waals surface area contributed by atoms with Gasteiger partial charge in [0, 0.05) is 20.2 Å². The molecule has 1 aromatic heterocycles. The smallest absolute Gasteiger partial charge is 0.384 e. The van der Waals surface area contributed by atoms with E-state index in [1.807, 2.05) is 11.0 Å². The van der Waals surface area contributed by atoms with Gasteiger partial charge >= 0.3 is 11.9 Å². The molecule has 0 saturated heterocycles. The van der Waals surface area contributed by atoms with E-state index >= 15 is 0 Å². The number of carbonyl (C=O) groups is 1. The lowest BCUT2D eigenvalue weighted by Crippen LogP contribution is -2.32. The van der Waals surface area contributed by atoms with Gasteiger partial charge in [-0.25, -0.2) is 9.78 Å². The quantitative estimate of drug-likeness (QED) is 0.843. The molecule has 0 unspecified atom stereocenters. The summed E-state index contributed by atoms with van der Waals surface area (Å²) in [6.07, 6.45) is 2.73. The number of anilines is 1. The maximum absolute atomic E-state index is 13.5. The van der Waals surface area contributed by atoms with E-state index in [0.29, 0.717) is 25.5 Å². The first kappa shape index (κ1) is 15.4. The van der Waals surface area contributed by atoms with Gasteiger partial charge in [-0.05, 0) is 24.1 Å². The summed E-state index contributed by atoms with van der Waals surface area (Å²) in [5.74, 6) is -5.84. The molecule has 0 bridgehead atoms. The van der Waals surface area contributed by atoms with Crippen molar-refractivity contribution in [3.8, 4) is 0 Å². The van der Waals surface area contributed by atoms with Crippen molar-refractivity contribution in [1.82, 2.24) is 4.98 Å². The van der Waals surface area contributed by atoms with Crippen molar-refractivity contribution < 1.29 is 23.4 Å². The molecule has 1 N–H and O–H groups in total. The normalized spacial score (nSPS) is 15.8. The Bertz CT molecular complexity index is 561. The number of ether oxygens (including phenoxy) is 1. The number of hydrogen-bond donors (Lipinski definition) is 1. The van der Waals surface area contributed by atoms with Crippen LogP contribution in [0.4, 0.5) is 14.6 Å². The molecule has 1 aliphatic rings. The van der Waals surface area contributed by atoms with Gasteiger partial charge in [-0.2, -0.15) is 8.78 Å². The Morgan fingerprint density at radius 3 is 2.86 bits per heavy atom. The minimum atomic E-state index is -3.98. The Kier molecular flexibility index (Phi) is 4.52. The second-order valence-electron chi connectivity index (χ2n) is 4.75. The zero-order chi connectivity index (χ0) is 15.5. The molecule has 1 aromatic rings. The minimum Gasteiger partial charge on any atom is -0.476 e. The van der Waals surface area contributed by atoms with Gasteiger partial charge in [-0.15, -0.1) is 0 Å². The molecule has 114 valence electrons. The van der Waals surface area contributed by atoms with Gasteiger partial charge < -0.3 is 14.7 Å². The van der Waals surface area contributed by atoms with Gasteiger partial charge in [-0.1, -0.05) is 12.1 Å². The summed E-state index contributed by atoms with van der Waals surface area (Å²) in [6.45, 7) is 1.72. The lowest BCUT2D eigenvalue weighted by molar-refractivity contribution is -0.166. The Balaban J connectivity index is 2.18. The average Bonchev–Trinajstić information content (AvgIpc) is 2.48. The fraction of sp³-hybridized carbons (Fsp3) is 0.429. The summed E-state index contributed by atoms with van der Waals surface area (Å²) >= 11 is 0. The van der Waals surface area contributed by atoms with Crippen molar-refractivity contribution in [3.05, 3.63) is 35.5 Å². The Morgan fingerprint density at radius 1 is 1.52 bits per heavy atom. The number of nitrogens with zero attached hydrogens (tertiary/aromatic N) is 2. The van der Waals surface area contributed by atoms with Gasteiger partial charge in [0.15, 0.2) is 0 Å². The summed E-state index contributed by atoms with van der Waals surface area (Å²) in [5, 5.41) is 8.56. The highest BCUT2D eigenvalue weighted by Crippen LogP contribution is 2.28. The Labute approximate surface area is 120 Å². The van der Waals surface area contributed by atoms with Crippen LogP contribution in [-0.4, -0.2) is 42.9 Å². The third-order valence-electron chi connectivity index (χ3n) is 3.28. The van der Waals surface area contributed by atoms with Crippen LogP contribution in [-0.2, 0) is 15.5 Å². The maximum atomic E-state index is 13.5. The van der Waals surface area contributed by atoms with E-state index in [1.54, 1.807) is 13.2 Å². The van der Waals surface area contributed by atoms with Crippen LogP contribution in [0.3, 0.4) is 0 Å². The van der Waals surface area contributed by atoms with Gasteiger partial charge in [-0.3, -0.25) is 0 Å². The first-order valence-corrected chi connectivity index (χ1v) is 6.45. The minimum absolute atomic E-state index is 0.348. The van der Waals surface area contributed by atoms with E-state index in [4.69, 9.17) is 9.84 Å². The molecule has 0 spiro atoms. The van der Waals surface area contributed by atoms with Crippen LogP contribution in [0.5, 0.6) is 0 Å². The van der Waals surface area contributed by atoms with Crippen molar-refractivity contribution in [2.75, 3.05) is 31.7 Å². The lowest BCUT2D eigenvalue weighted by Gasteiger charge is -2.28. The standard InChI is InChI=1S/C14H16F2N2O3/c1-21-9-10-5-7-18(8-6-10)12-4-2-3-11(17-12)14(15,16)13(19)20/h2-5H,6-9H2,1H3,(H,19,20). The first-order valence-electron chi connectivity index (χ1n) is 6.45. The molecule has 2 rings (SSSR count). The highest BCUT2D eigenvalue weighted by atomic mass is 19.3. The van der Waals surface area contributed by atoms with Crippen LogP contribution in [0.15, 0.2) is 29.8 Å². The number of rotatable bonds is 5. The molecule has 0 aromatic carbocycles. The van der Waals surface area contributed by atoms with Gasteiger partial charge in [0.2, 0.25) is 0 Å². The monoisotopic (exact) mass is 298 g/mol. The van der Waals surface area contributed by atoms with Crippen molar-refractivity contribution in [1.29, 1.82) is 0 Å². The number of alkyl halides is 2. The van der Waals surface area contributed by atoms with E-state index in [2.05, 4.69) is 4.98 Å². The number of aliphatic carboxylic acids is 1. The van der Waals surface area contributed by atoms with Crippen LogP contribution in [0, 0.1) is 0 Å². The van der Waals surface area contributed by atoms with Gasteiger partial charge in [0.1, 0.15) is 11.5 Å². The van der Waals surface area contributed by atoms with Crippen LogP contribution in [0.2, 0.25) is 0 Å². The van der Waals surface area contributed by atoms with Crippen LogP contribution >= 0.6 is 0 Å². The molecule has 1 aliphatic heterocycles. The van der Waals surface area contributed by atoms with Crippen LogP contribution in [0.25, 0.3) is 0 Å². The summed E-state index contributed by atoms with van der Waals surface area (Å²) in [7, 11) is 1.62. The van der Waals surface area contributed by atoms with Crippen molar-refractivity contribution in [2.45, 2.75) is 12.3 Å². The highest BCUT2D eigenvalue weighted by molar-refractivity contribution is 5.76. The Morgan fingerprint density at radius 2 is 2.29 bits per heavy atom. The fourth-order valence-corrected chi connectivity index (χ4v) is 2.12. The van der Waals surface area contributed by atoms with Crippen LogP contribution in [0.1, 0.15) is 12.1 Å². The van der Waals surface area contributed by atoms with E-state index in [-0.39, 0.29) is 0 Å². The largest absolute Gasteiger partial charge is 0.476 e. The number of methoxy groups -OCH3 is 1. The number of pyridine rings is 1. The number of aromatic nitrogens is 1. The van der Waals surface area contributed by atoms with Crippen molar-refractivity contribution in [2.24, 2.45) is 0 Å². The fourth-order valence-electron chi connectivity index (χ4n) is 2.12. The summed E-state index contributed by atoms with van der Waals surface area (Å²) < 4.78 is 32.0. The molecule has 0 aliphatic carbocycles. The summed E-state index contributed by atoms with van der Waals surface area (Å²) in [6, 6.07) is 4.01. The molecule has 0 radical (unpaired) electrons. The second-order valence-corrected chi connectivity index (χ2v) is 4.75. The predicted molar refractivity (Wildman–Crippen MR) is 72.6 cm³/mol. The third kappa shape index (κ3) is 3.36. The van der Waals surface area contributed by atoms with Crippen LogP contribution < -0.4 is 4.90 Å². The van der Waals surface area contributed by atoms with Gasteiger partial charge in [0.05, 0.1) is 6.61 Å². The highest BCUT2D eigenvalue weighted by Gasteiger charge is 2.42. The Hall–Kier alpha value is -2.02. The topological polar surface area (TPSA) is 62.7 Å². The zero-order valence-corrected chi connectivity index (χ0v) is 11.6. The molecule has 7 heteroatoms. The SMILES string of the molecule is COCC1=CCN(c2cccc(C(F)(F)C(=O)O)n2)CC1. The molecule has 0 saturated carbocycles. The molecular weight excluding hydrogens is 282 g/mol. The maximum Gasteiger partial charge on any atom is 0.384 e. The molecule has 21 heavy (non-hydrogen) atoms. The van der Waals surface area contributed by atoms with E-state index in [9.17, 15) is 13.6 Å². The molecule has 2 heterocycles. The molecule has 5 nitrogen and oxygen atoms in total. The van der Waals surface area contributed by atoms with E-state index in [1.165, 1.54) is 6.07 Å².